The van der Waals surface area contributed by atoms with Crippen LogP contribution in [0, 0.1) is 5.82 Å². The largest absolute Gasteiger partial charge is 0.348 e. The van der Waals surface area contributed by atoms with Gasteiger partial charge < -0.3 is 11.1 Å². The molecule has 144 valence electrons. The highest BCUT2D eigenvalue weighted by Gasteiger charge is 2.08. The molecule has 0 radical (unpaired) electrons. The molecule has 0 fully saturated rings. The van der Waals surface area contributed by atoms with Crippen LogP contribution in [0.5, 0.6) is 0 Å². The molecular weight excluding hydrogens is 363 g/mol. The van der Waals surface area contributed by atoms with E-state index in [0.717, 1.165) is 33.0 Å². The molecule has 3 nitrogen and oxygen atoms in total. The Morgan fingerprint density at radius 1 is 0.862 bits per heavy atom. The van der Waals surface area contributed by atoms with E-state index in [9.17, 15) is 9.18 Å². The standard InChI is InChI=1S/C25H21FN2O/c26-23-11-9-19(10-12-23)18-5-7-20(8-6-18)25(29)28-16-22-3-1-2-21-14-17(15-27)4-13-24(21)22/h1-14H,15-16,27H2,(H,28,29). The third-order valence-electron chi connectivity index (χ3n) is 5.03. The molecule has 3 N–H and O–H groups in total. The molecule has 0 saturated carbocycles. The molecule has 4 aromatic rings. The number of rotatable bonds is 5. The normalized spacial score (nSPS) is 10.8. The summed E-state index contributed by atoms with van der Waals surface area (Å²) in [5.41, 5.74) is 10.3. The predicted molar refractivity (Wildman–Crippen MR) is 115 cm³/mol. The van der Waals surface area contributed by atoms with Crippen LogP contribution in [-0.4, -0.2) is 5.91 Å². The molecule has 0 heterocycles. The first-order valence-corrected chi connectivity index (χ1v) is 9.49. The van der Waals surface area contributed by atoms with Gasteiger partial charge in [-0.2, -0.15) is 0 Å². The summed E-state index contributed by atoms with van der Waals surface area (Å²) in [6.07, 6.45) is 0. The first kappa shape index (κ1) is 18.8. The SMILES string of the molecule is NCc1ccc2c(CNC(=O)c3ccc(-c4ccc(F)cc4)cc3)cccc2c1. The molecular formula is C25H21FN2O. The summed E-state index contributed by atoms with van der Waals surface area (Å²) in [4.78, 5) is 12.6. The lowest BCUT2D eigenvalue weighted by atomic mass is 10.0. The van der Waals surface area contributed by atoms with Crippen LogP contribution in [0.25, 0.3) is 21.9 Å². The molecule has 4 heteroatoms. The van der Waals surface area contributed by atoms with Gasteiger partial charge in [-0.1, -0.05) is 54.6 Å². The van der Waals surface area contributed by atoms with Crippen molar-refractivity contribution >= 4 is 16.7 Å². The van der Waals surface area contributed by atoms with Gasteiger partial charge in [-0.05, 0) is 63.4 Å². The minimum absolute atomic E-state index is 0.133. The molecule has 4 rings (SSSR count). The number of nitrogens with two attached hydrogens (primary N) is 1. The molecule has 0 bridgehead atoms. The minimum atomic E-state index is -0.266. The quantitative estimate of drug-likeness (QED) is 0.507. The van der Waals surface area contributed by atoms with E-state index in [1.165, 1.54) is 12.1 Å². The van der Waals surface area contributed by atoms with E-state index in [-0.39, 0.29) is 11.7 Å². The first-order chi connectivity index (χ1) is 14.1. The smallest absolute Gasteiger partial charge is 0.251 e. The summed E-state index contributed by atoms with van der Waals surface area (Å²) in [7, 11) is 0. The topological polar surface area (TPSA) is 55.1 Å². The third kappa shape index (κ3) is 4.18. The number of nitrogens with one attached hydrogen (secondary N) is 1. The van der Waals surface area contributed by atoms with Crippen LogP contribution in [0.15, 0.2) is 84.9 Å². The van der Waals surface area contributed by atoms with Crippen molar-refractivity contribution in [1.29, 1.82) is 0 Å². The number of benzene rings is 4. The predicted octanol–water partition coefficient (Wildman–Crippen LogP) is 5.03. The molecule has 0 atom stereocenters. The Bertz CT molecular complexity index is 1150. The Morgan fingerprint density at radius 3 is 2.24 bits per heavy atom. The monoisotopic (exact) mass is 384 g/mol. The summed E-state index contributed by atoms with van der Waals surface area (Å²) < 4.78 is 13.1. The highest BCUT2D eigenvalue weighted by molar-refractivity contribution is 5.95. The van der Waals surface area contributed by atoms with E-state index >= 15 is 0 Å². The van der Waals surface area contributed by atoms with E-state index in [1.807, 2.05) is 36.4 Å². The van der Waals surface area contributed by atoms with Crippen LogP contribution in [0.1, 0.15) is 21.5 Å². The van der Waals surface area contributed by atoms with Crippen LogP contribution in [0.2, 0.25) is 0 Å². The number of carbonyl (C=O) groups is 1. The summed E-state index contributed by atoms with van der Waals surface area (Å²) in [6.45, 7) is 0.947. The molecule has 0 aromatic heterocycles. The molecule has 0 aliphatic heterocycles. The lowest BCUT2D eigenvalue weighted by molar-refractivity contribution is 0.0951. The molecule has 0 unspecified atom stereocenters. The van der Waals surface area contributed by atoms with Gasteiger partial charge in [0.15, 0.2) is 0 Å². The van der Waals surface area contributed by atoms with Crippen molar-refractivity contribution in [1.82, 2.24) is 5.32 Å². The Hall–Kier alpha value is -3.50. The Morgan fingerprint density at radius 2 is 1.55 bits per heavy atom. The number of amides is 1. The third-order valence-corrected chi connectivity index (χ3v) is 5.03. The summed E-state index contributed by atoms with van der Waals surface area (Å²) in [6, 6.07) is 25.8. The zero-order valence-electron chi connectivity index (χ0n) is 15.9. The molecule has 0 aliphatic rings. The maximum Gasteiger partial charge on any atom is 0.251 e. The lowest BCUT2D eigenvalue weighted by Gasteiger charge is -2.10. The molecule has 1 amide bonds. The fourth-order valence-electron chi connectivity index (χ4n) is 3.42. The Labute approximate surface area is 169 Å². The number of halogens is 1. The number of hydrogen-bond donors (Lipinski definition) is 2. The summed E-state index contributed by atoms with van der Waals surface area (Å²) >= 11 is 0. The van der Waals surface area contributed by atoms with Crippen molar-refractivity contribution in [2.24, 2.45) is 5.73 Å². The van der Waals surface area contributed by atoms with Crippen LogP contribution in [0.4, 0.5) is 4.39 Å². The van der Waals surface area contributed by atoms with Crippen molar-refractivity contribution < 1.29 is 9.18 Å². The number of hydrogen-bond acceptors (Lipinski definition) is 2. The highest BCUT2D eigenvalue weighted by Crippen LogP contribution is 2.22. The van der Waals surface area contributed by atoms with Crippen molar-refractivity contribution in [3.05, 3.63) is 107 Å². The second-order valence-corrected chi connectivity index (χ2v) is 6.94. The van der Waals surface area contributed by atoms with Crippen LogP contribution < -0.4 is 11.1 Å². The highest BCUT2D eigenvalue weighted by atomic mass is 19.1. The Kier molecular flexibility index (Phi) is 5.36. The Balaban J connectivity index is 1.47. The van der Waals surface area contributed by atoms with Crippen molar-refractivity contribution in [3.63, 3.8) is 0 Å². The summed E-state index contributed by atoms with van der Waals surface area (Å²) in [5.74, 6) is -0.399. The zero-order chi connectivity index (χ0) is 20.2. The van der Waals surface area contributed by atoms with Gasteiger partial charge in [0.2, 0.25) is 0 Å². The number of fused-ring (bicyclic) bond motifs is 1. The molecule has 0 saturated heterocycles. The van der Waals surface area contributed by atoms with Gasteiger partial charge in [0.1, 0.15) is 5.82 Å². The average molecular weight is 384 g/mol. The van der Waals surface area contributed by atoms with Crippen LogP contribution in [0.3, 0.4) is 0 Å². The molecule has 0 aliphatic carbocycles. The van der Waals surface area contributed by atoms with Gasteiger partial charge in [0, 0.05) is 18.7 Å². The first-order valence-electron chi connectivity index (χ1n) is 9.49. The fraction of sp³-hybridized carbons (Fsp3) is 0.0800. The zero-order valence-corrected chi connectivity index (χ0v) is 15.9. The van der Waals surface area contributed by atoms with Gasteiger partial charge >= 0.3 is 0 Å². The number of carbonyl (C=O) groups excluding carboxylic acids is 1. The maximum atomic E-state index is 13.1. The fourth-order valence-corrected chi connectivity index (χ4v) is 3.42. The lowest BCUT2D eigenvalue weighted by Crippen LogP contribution is -2.22. The minimum Gasteiger partial charge on any atom is -0.348 e. The van der Waals surface area contributed by atoms with Crippen molar-refractivity contribution in [2.45, 2.75) is 13.1 Å². The second-order valence-electron chi connectivity index (χ2n) is 6.94. The van der Waals surface area contributed by atoms with Crippen molar-refractivity contribution in [2.75, 3.05) is 0 Å². The van der Waals surface area contributed by atoms with E-state index in [2.05, 4.69) is 17.4 Å². The van der Waals surface area contributed by atoms with E-state index in [1.54, 1.807) is 24.3 Å². The van der Waals surface area contributed by atoms with Gasteiger partial charge in [0.05, 0.1) is 0 Å². The average Bonchev–Trinajstić information content (AvgIpc) is 2.77. The van der Waals surface area contributed by atoms with E-state index < -0.39 is 0 Å². The van der Waals surface area contributed by atoms with Crippen LogP contribution in [-0.2, 0) is 13.1 Å². The van der Waals surface area contributed by atoms with Gasteiger partial charge in [-0.25, -0.2) is 4.39 Å². The molecule has 4 aromatic carbocycles. The van der Waals surface area contributed by atoms with Crippen LogP contribution >= 0.6 is 0 Å². The maximum absolute atomic E-state index is 13.1. The molecule has 29 heavy (non-hydrogen) atoms. The summed E-state index contributed by atoms with van der Waals surface area (Å²) in [5, 5.41) is 5.21. The van der Waals surface area contributed by atoms with Crippen molar-refractivity contribution in [3.8, 4) is 11.1 Å². The van der Waals surface area contributed by atoms with Gasteiger partial charge in [-0.15, -0.1) is 0 Å². The van der Waals surface area contributed by atoms with E-state index in [4.69, 9.17) is 5.73 Å². The van der Waals surface area contributed by atoms with Gasteiger partial charge in [0.25, 0.3) is 5.91 Å². The van der Waals surface area contributed by atoms with Gasteiger partial charge in [-0.3, -0.25) is 4.79 Å². The second kappa shape index (κ2) is 8.25. The van der Waals surface area contributed by atoms with E-state index in [0.29, 0.717) is 18.7 Å². The molecule has 0 spiro atoms.